The van der Waals surface area contributed by atoms with Crippen molar-refractivity contribution < 1.29 is 9.53 Å². The van der Waals surface area contributed by atoms with Gasteiger partial charge in [0.15, 0.2) is 0 Å². The van der Waals surface area contributed by atoms with Crippen molar-refractivity contribution in [3.05, 3.63) is 35.9 Å². The van der Waals surface area contributed by atoms with E-state index in [0.717, 1.165) is 12.0 Å². The van der Waals surface area contributed by atoms with Crippen LogP contribution in [0.1, 0.15) is 24.8 Å². The lowest BCUT2D eigenvalue weighted by Crippen LogP contribution is -2.38. The molecule has 0 saturated carbocycles. The number of nitrogens with zero attached hydrogens (tertiary/aromatic N) is 3. The summed E-state index contributed by atoms with van der Waals surface area (Å²) in [5.41, 5.74) is 17.0. The highest BCUT2D eigenvalue weighted by atomic mass is 16.5. The molecule has 0 aromatic heterocycles. The largest absolute Gasteiger partial charge is 0.460 e. The molecule has 9 nitrogen and oxygen atoms in total. The van der Waals surface area contributed by atoms with Crippen LogP contribution in [-0.2, 0) is 16.1 Å². The van der Waals surface area contributed by atoms with Crippen LogP contribution in [0.5, 0.6) is 0 Å². The summed E-state index contributed by atoms with van der Waals surface area (Å²) in [4.78, 5) is 14.2. The van der Waals surface area contributed by atoms with Crippen LogP contribution in [0.15, 0.2) is 35.4 Å². The maximum atomic E-state index is 12.4. The number of rotatable bonds is 10. The third-order valence-corrected chi connectivity index (χ3v) is 3.73. The third kappa shape index (κ3) is 7.84. The molecule has 0 amide bonds. The first-order chi connectivity index (χ1) is 12.3. The van der Waals surface area contributed by atoms with Gasteiger partial charge in [-0.15, -0.1) is 5.10 Å². The van der Waals surface area contributed by atoms with Crippen molar-refractivity contribution in [2.24, 2.45) is 22.3 Å². The molecule has 0 aliphatic rings. The van der Waals surface area contributed by atoms with E-state index >= 15 is 0 Å². The summed E-state index contributed by atoms with van der Waals surface area (Å²) in [6.45, 7) is 0.652. The molecule has 0 saturated heterocycles. The average Bonchev–Trinajstić information content (AvgIpc) is 2.58. The average molecular weight is 363 g/mol. The number of carbonyl (C=O) groups is 1. The number of carbonyl (C=O) groups excluding carboxylic acids is 1. The monoisotopic (exact) mass is 363 g/mol. The number of esters is 1. The smallest absolute Gasteiger partial charge is 0.323 e. The van der Waals surface area contributed by atoms with Gasteiger partial charge in [-0.1, -0.05) is 30.3 Å². The molecule has 1 aromatic rings. The van der Waals surface area contributed by atoms with Crippen LogP contribution in [0.2, 0.25) is 0 Å². The number of benzene rings is 1. The van der Waals surface area contributed by atoms with Crippen LogP contribution >= 0.6 is 0 Å². The van der Waals surface area contributed by atoms with Crippen LogP contribution in [0.25, 0.3) is 0 Å². The Kier molecular flexibility index (Phi) is 8.93. The first kappa shape index (κ1) is 21.2. The van der Waals surface area contributed by atoms with Crippen molar-refractivity contribution in [3.63, 3.8) is 0 Å². The SMILES string of the molecule is CN(C)[C@H](CCCCN(N=C(N)N)C(=N)N)C(=O)OCc1ccccc1. The number of hydrogen-bond donors (Lipinski definition) is 4. The highest BCUT2D eigenvalue weighted by Crippen LogP contribution is 2.11. The lowest BCUT2D eigenvalue weighted by atomic mass is 10.1. The third-order valence-electron chi connectivity index (χ3n) is 3.73. The van der Waals surface area contributed by atoms with E-state index in [4.69, 9.17) is 27.3 Å². The van der Waals surface area contributed by atoms with E-state index in [2.05, 4.69) is 5.10 Å². The normalized spacial score (nSPS) is 11.7. The molecule has 144 valence electrons. The standard InChI is InChI=1S/C17H29N7O2/c1-23(2)14(15(25)26-12-13-8-4-3-5-9-13)10-6-7-11-24(17(20)21)22-16(18)19/h3-5,8-9,14H,6-7,10-12H2,1-2H3,(H3,20,21)(H4,18,19,22)/t14-/m1/s1. The van der Waals surface area contributed by atoms with E-state index in [1.807, 2.05) is 49.3 Å². The van der Waals surface area contributed by atoms with Crippen LogP contribution in [0, 0.1) is 5.41 Å². The molecule has 0 radical (unpaired) electrons. The van der Waals surface area contributed by atoms with Crippen LogP contribution in [0.3, 0.4) is 0 Å². The summed E-state index contributed by atoms with van der Waals surface area (Å²) in [5, 5.41) is 12.5. The molecule has 1 aromatic carbocycles. The minimum Gasteiger partial charge on any atom is -0.460 e. The van der Waals surface area contributed by atoms with Crippen molar-refractivity contribution in [1.82, 2.24) is 9.91 Å². The first-order valence-corrected chi connectivity index (χ1v) is 8.39. The van der Waals surface area contributed by atoms with Gasteiger partial charge in [-0.25, -0.2) is 5.01 Å². The van der Waals surface area contributed by atoms with Crippen molar-refractivity contribution >= 4 is 17.9 Å². The predicted molar refractivity (Wildman–Crippen MR) is 102 cm³/mol. The van der Waals surface area contributed by atoms with Crippen molar-refractivity contribution in [2.75, 3.05) is 20.6 Å². The molecule has 0 bridgehead atoms. The number of ether oxygens (including phenoxy) is 1. The fourth-order valence-corrected chi connectivity index (χ4v) is 2.37. The zero-order valence-corrected chi connectivity index (χ0v) is 15.4. The van der Waals surface area contributed by atoms with Gasteiger partial charge in [0.2, 0.25) is 11.9 Å². The second kappa shape index (κ2) is 10.9. The van der Waals surface area contributed by atoms with Gasteiger partial charge in [0.05, 0.1) is 0 Å². The molecule has 0 fully saturated rings. The summed E-state index contributed by atoms with van der Waals surface area (Å²) in [6.07, 6.45) is 2.02. The maximum Gasteiger partial charge on any atom is 0.323 e. The summed E-state index contributed by atoms with van der Waals surface area (Å²) in [5.74, 6) is -0.646. The van der Waals surface area contributed by atoms with E-state index in [1.165, 1.54) is 5.01 Å². The molecule has 7 N–H and O–H groups in total. The number of nitrogens with two attached hydrogens (primary N) is 3. The molecule has 1 rings (SSSR count). The fraction of sp³-hybridized carbons (Fsp3) is 0.471. The summed E-state index contributed by atoms with van der Waals surface area (Å²) in [6, 6.07) is 9.22. The van der Waals surface area contributed by atoms with Crippen LogP contribution < -0.4 is 17.2 Å². The molecule has 1 atom stereocenters. The Bertz CT molecular complexity index is 600. The molecular weight excluding hydrogens is 334 g/mol. The van der Waals surface area contributed by atoms with Gasteiger partial charge in [0.1, 0.15) is 12.6 Å². The molecule has 0 heterocycles. The highest BCUT2D eigenvalue weighted by molar-refractivity contribution is 5.80. The summed E-state index contributed by atoms with van der Waals surface area (Å²) in [7, 11) is 3.69. The van der Waals surface area contributed by atoms with E-state index in [0.29, 0.717) is 19.4 Å². The van der Waals surface area contributed by atoms with E-state index < -0.39 is 0 Å². The Morgan fingerprint density at radius 3 is 2.38 bits per heavy atom. The number of hydrogen-bond acceptors (Lipinski definition) is 5. The molecule has 9 heteroatoms. The second-order valence-electron chi connectivity index (χ2n) is 6.10. The minimum absolute atomic E-state index is 0.157. The van der Waals surface area contributed by atoms with Gasteiger partial charge in [-0.05, 0) is 38.9 Å². The Balaban J connectivity index is 2.46. The van der Waals surface area contributed by atoms with E-state index in [9.17, 15) is 4.79 Å². The van der Waals surface area contributed by atoms with Gasteiger partial charge in [-0.2, -0.15) is 0 Å². The highest BCUT2D eigenvalue weighted by Gasteiger charge is 2.22. The van der Waals surface area contributed by atoms with E-state index in [1.54, 1.807) is 0 Å². The summed E-state index contributed by atoms with van der Waals surface area (Å²) >= 11 is 0. The van der Waals surface area contributed by atoms with Gasteiger partial charge in [0.25, 0.3) is 0 Å². The zero-order valence-electron chi connectivity index (χ0n) is 15.4. The van der Waals surface area contributed by atoms with Crippen LogP contribution in [0.4, 0.5) is 0 Å². The Morgan fingerprint density at radius 1 is 1.19 bits per heavy atom. The molecule has 0 unspecified atom stereocenters. The molecular formula is C17H29N7O2. The lowest BCUT2D eigenvalue weighted by Gasteiger charge is -2.23. The van der Waals surface area contributed by atoms with Gasteiger partial charge in [-0.3, -0.25) is 15.1 Å². The van der Waals surface area contributed by atoms with Crippen molar-refractivity contribution in [2.45, 2.75) is 31.9 Å². The topological polar surface area (TPSA) is 147 Å². The number of hydrazone groups is 1. The molecule has 0 aliphatic carbocycles. The number of nitrogens with one attached hydrogen (secondary N) is 1. The van der Waals surface area contributed by atoms with Gasteiger partial charge >= 0.3 is 5.97 Å². The fourth-order valence-electron chi connectivity index (χ4n) is 2.37. The maximum absolute atomic E-state index is 12.4. The molecule has 0 spiro atoms. The molecule has 0 aliphatic heterocycles. The van der Waals surface area contributed by atoms with Crippen molar-refractivity contribution in [3.8, 4) is 0 Å². The zero-order chi connectivity index (χ0) is 19.5. The Labute approximate surface area is 154 Å². The number of guanidine groups is 2. The van der Waals surface area contributed by atoms with Gasteiger partial charge < -0.3 is 21.9 Å². The van der Waals surface area contributed by atoms with Crippen molar-refractivity contribution in [1.29, 1.82) is 5.41 Å². The van der Waals surface area contributed by atoms with Gasteiger partial charge in [0, 0.05) is 6.54 Å². The predicted octanol–water partition coefficient (Wildman–Crippen LogP) is 0.214. The Hall–Kier alpha value is -2.81. The Morgan fingerprint density at radius 2 is 1.85 bits per heavy atom. The molecule has 26 heavy (non-hydrogen) atoms. The second-order valence-corrected chi connectivity index (χ2v) is 6.10. The lowest BCUT2D eigenvalue weighted by molar-refractivity contribution is -0.150. The van der Waals surface area contributed by atoms with Crippen LogP contribution in [-0.4, -0.2) is 54.5 Å². The number of unbranched alkanes of at least 4 members (excludes halogenated alkanes) is 1. The number of likely N-dealkylation sites (N-methyl/N-ethyl adjacent to an activating group) is 1. The van der Waals surface area contributed by atoms with E-state index in [-0.39, 0.29) is 30.5 Å². The quantitative estimate of drug-likeness (QED) is 0.153. The summed E-state index contributed by atoms with van der Waals surface area (Å²) < 4.78 is 5.42. The minimum atomic E-state index is -0.340. The first-order valence-electron chi connectivity index (χ1n) is 8.39.